The summed E-state index contributed by atoms with van der Waals surface area (Å²) in [6, 6.07) is 1.86. The average Bonchev–Trinajstić information content (AvgIpc) is 3.26. The topological polar surface area (TPSA) is 95.1 Å². The number of amides is 2. The molecule has 1 saturated heterocycles. The van der Waals surface area contributed by atoms with Crippen LogP contribution < -0.4 is 0 Å². The van der Waals surface area contributed by atoms with Gasteiger partial charge in [0.25, 0.3) is 5.91 Å². The van der Waals surface area contributed by atoms with Crippen LogP contribution in [0.15, 0.2) is 24.8 Å². The molecule has 0 bridgehead atoms. The highest BCUT2D eigenvalue weighted by molar-refractivity contribution is 5.94. The van der Waals surface area contributed by atoms with Crippen LogP contribution in [0.2, 0.25) is 0 Å². The van der Waals surface area contributed by atoms with Gasteiger partial charge >= 0.3 is 0 Å². The minimum atomic E-state index is -0.00980. The number of aryl methyl sites for hydroxylation is 1. The van der Waals surface area contributed by atoms with Gasteiger partial charge < -0.3 is 9.80 Å². The van der Waals surface area contributed by atoms with Gasteiger partial charge in [-0.1, -0.05) is 0 Å². The van der Waals surface area contributed by atoms with Crippen molar-refractivity contribution in [1.29, 1.82) is 0 Å². The van der Waals surface area contributed by atoms with Crippen LogP contribution >= 0.6 is 0 Å². The third-order valence-corrected chi connectivity index (χ3v) is 4.44. The third kappa shape index (κ3) is 4.20. The van der Waals surface area contributed by atoms with E-state index in [2.05, 4.69) is 20.2 Å². The van der Waals surface area contributed by atoms with Gasteiger partial charge in [-0.3, -0.25) is 19.7 Å². The highest BCUT2D eigenvalue weighted by Crippen LogP contribution is 2.20. The van der Waals surface area contributed by atoms with Crippen molar-refractivity contribution in [3.05, 3.63) is 41.7 Å². The van der Waals surface area contributed by atoms with Crippen molar-refractivity contribution in [1.82, 2.24) is 30.0 Å². The molecule has 8 nitrogen and oxygen atoms in total. The molecule has 0 saturated carbocycles. The number of rotatable bonds is 5. The first-order chi connectivity index (χ1) is 12.0. The summed E-state index contributed by atoms with van der Waals surface area (Å²) in [5.41, 5.74) is 1.59. The maximum atomic E-state index is 12.6. The fourth-order valence-electron chi connectivity index (χ4n) is 3.10. The van der Waals surface area contributed by atoms with Crippen LogP contribution in [0.1, 0.15) is 28.2 Å². The zero-order valence-corrected chi connectivity index (χ0v) is 14.5. The maximum absolute atomic E-state index is 12.6. The molecule has 1 N–H and O–H groups in total. The number of H-pyrrole nitrogens is 1. The molecule has 25 heavy (non-hydrogen) atoms. The second kappa shape index (κ2) is 7.42. The predicted octanol–water partition coefficient (Wildman–Crippen LogP) is 0.671. The Hall–Kier alpha value is -2.77. The monoisotopic (exact) mass is 342 g/mol. The Morgan fingerprint density at radius 3 is 2.96 bits per heavy atom. The predicted molar refractivity (Wildman–Crippen MR) is 90.7 cm³/mol. The number of hydrogen-bond donors (Lipinski definition) is 1. The number of aromatic amines is 1. The quantitative estimate of drug-likeness (QED) is 0.862. The normalized spacial score (nSPS) is 16.9. The summed E-state index contributed by atoms with van der Waals surface area (Å²) in [6.07, 6.45) is 5.84. The van der Waals surface area contributed by atoms with Crippen LogP contribution in [-0.2, 0) is 11.2 Å². The molecular formula is C17H22N6O2. The van der Waals surface area contributed by atoms with Crippen molar-refractivity contribution < 1.29 is 9.59 Å². The van der Waals surface area contributed by atoms with Crippen molar-refractivity contribution in [3.8, 4) is 0 Å². The number of nitrogens with zero attached hydrogens (tertiary/aromatic N) is 5. The number of pyridine rings is 1. The van der Waals surface area contributed by atoms with Gasteiger partial charge in [-0.05, 0) is 30.9 Å². The van der Waals surface area contributed by atoms with Crippen LogP contribution in [0, 0.1) is 12.8 Å². The number of nitrogens with one attached hydrogen (secondary N) is 1. The molecule has 1 aliphatic rings. The second-order valence-electron chi connectivity index (χ2n) is 6.54. The third-order valence-electron chi connectivity index (χ3n) is 4.44. The summed E-state index contributed by atoms with van der Waals surface area (Å²) in [7, 11) is 1.79. The molecule has 0 spiro atoms. The van der Waals surface area contributed by atoms with E-state index in [1.807, 2.05) is 17.9 Å². The van der Waals surface area contributed by atoms with E-state index in [-0.39, 0.29) is 24.2 Å². The van der Waals surface area contributed by atoms with Crippen molar-refractivity contribution in [2.75, 3.05) is 26.7 Å². The summed E-state index contributed by atoms with van der Waals surface area (Å²) >= 11 is 0. The van der Waals surface area contributed by atoms with Gasteiger partial charge in [0, 0.05) is 39.1 Å². The SMILES string of the molecule is Cc1cncc(C(=O)N2CCC(CN(C)C(=O)Cc3ncn[nH]3)C2)c1. The van der Waals surface area contributed by atoms with Gasteiger partial charge in [-0.15, -0.1) is 0 Å². The largest absolute Gasteiger partial charge is 0.345 e. The molecule has 2 aromatic heterocycles. The lowest BCUT2D eigenvalue weighted by atomic mass is 10.1. The van der Waals surface area contributed by atoms with E-state index in [0.717, 1.165) is 12.0 Å². The van der Waals surface area contributed by atoms with Gasteiger partial charge in [-0.25, -0.2) is 4.98 Å². The lowest BCUT2D eigenvalue weighted by Gasteiger charge is -2.21. The zero-order valence-electron chi connectivity index (χ0n) is 14.5. The Morgan fingerprint density at radius 1 is 1.40 bits per heavy atom. The lowest BCUT2D eigenvalue weighted by Crippen LogP contribution is -2.35. The smallest absolute Gasteiger partial charge is 0.255 e. The zero-order chi connectivity index (χ0) is 17.8. The van der Waals surface area contributed by atoms with Crippen LogP contribution in [0.4, 0.5) is 0 Å². The van der Waals surface area contributed by atoms with Crippen LogP contribution in [0.25, 0.3) is 0 Å². The van der Waals surface area contributed by atoms with E-state index in [9.17, 15) is 9.59 Å². The Morgan fingerprint density at radius 2 is 2.24 bits per heavy atom. The lowest BCUT2D eigenvalue weighted by molar-refractivity contribution is -0.129. The molecule has 8 heteroatoms. The van der Waals surface area contributed by atoms with Gasteiger partial charge in [0.15, 0.2) is 0 Å². The number of carbonyl (C=O) groups excluding carboxylic acids is 2. The highest BCUT2D eigenvalue weighted by atomic mass is 16.2. The van der Waals surface area contributed by atoms with E-state index >= 15 is 0 Å². The molecule has 0 aromatic carbocycles. The summed E-state index contributed by atoms with van der Waals surface area (Å²) in [5.74, 6) is 0.844. The Kier molecular flexibility index (Phi) is 5.06. The molecule has 1 atom stereocenters. The van der Waals surface area contributed by atoms with Crippen LogP contribution in [0.5, 0.6) is 0 Å². The minimum Gasteiger partial charge on any atom is -0.345 e. The Balaban J connectivity index is 1.52. The number of carbonyl (C=O) groups is 2. The van der Waals surface area contributed by atoms with Gasteiger partial charge in [-0.2, -0.15) is 5.10 Å². The first-order valence-corrected chi connectivity index (χ1v) is 8.32. The average molecular weight is 342 g/mol. The molecule has 132 valence electrons. The van der Waals surface area contributed by atoms with Gasteiger partial charge in [0.2, 0.25) is 5.91 Å². The standard InChI is InChI=1S/C17H22N6O2/c1-12-5-14(8-18-7-12)17(25)23-4-3-13(10-23)9-22(2)16(24)6-15-19-11-20-21-15/h5,7-8,11,13H,3-4,6,9-10H2,1-2H3,(H,19,20,21). The van der Waals surface area contributed by atoms with E-state index < -0.39 is 0 Å². The summed E-state index contributed by atoms with van der Waals surface area (Å²) in [5, 5.41) is 6.44. The molecule has 3 rings (SSSR count). The van der Waals surface area contributed by atoms with Crippen molar-refractivity contribution in [2.45, 2.75) is 19.8 Å². The first kappa shape index (κ1) is 17.1. The van der Waals surface area contributed by atoms with Crippen molar-refractivity contribution in [2.24, 2.45) is 5.92 Å². The molecule has 1 unspecified atom stereocenters. The van der Waals surface area contributed by atoms with Crippen LogP contribution in [0.3, 0.4) is 0 Å². The molecule has 1 fully saturated rings. The van der Waals surface area contributed by atoms with Crippen molar-refractivity contribution in [3.63, 3.8) is 0 Å². The van der Waals surface area contributed by atoms with Crippen molar-refractivity contribution >= 4 is 11.8 Å². The summed E-state index contributed by atoms with van der Waals surface area (Å²) in [4.78, 5) is 36.4. The fraction of sp³-hybridized carbons (Fsp3) is 0.471. The Labute approximate surface area is 146 Å². The second-order valence-corrected chi connectivity index (χ2v) is 6.54. The number of aromatic nitrogens is 4. The summed E-state index contributed by atoms with van der Waals surface area (Å²) < 4.78 is 0. The molecule has 0 radical (unpaired) electrons. The van der Waals surface area contributed by atoms with E-state index in [0.29, 0.717) is 31.0 Å². The van der Waals surface area contributed by atoms with E-state index in [4.69, 9.17) is 0 Å². The fourth-order valence-corrected chi connectivity index (χ4v) is 3.10. The van der Waals surface area contributed by atoms with Crippen LogP contribution in [-0.4, -0.2) is 68.5 Å². The highest BCUT2D eigenvalue weighted by Gasteiger charge is 2.28. The molecule has 3 heterocycles. The molecule has 0 aliphatic carbocycles. The molecule has 2 aromatic rings. The minimum absolute atomic E-state index is 0.00865. The maximum Gasteiger partial charge on any atom is 0.255 e. The first-order valence-electron chi connectivity index (χ1n) is 8.32. The van der Waals surface area contributed by atoms with Gasteiger partial charge in [0.05, 0.1) is 12.0 Å². The summed E-state index contributed by atoms with van der Waals surface area (Å²) in [6.45, 7) is 3.92. The van der Waals surface area contributed by atoms with Gasteiger partial charge in [0.1, 0.15) is 12.2 Å². The van der Waals surface area contributed by atoms with E-state index in [1.54, 1.807) is 24.3 Å². The molecule has 1 aliphatic heterocycles. The number of likely N-dealkylation sites (tertiary alicyclic amines) is 1. The molecular weight excluding hydrogens is 320 g/mol. The number of likely N-dealkylation sites (N-methyl/N-ethyl adjacent to an activating group) is 1. The molecule has 2 amide bonds. The number of hydrogen-bond acceptors (Lipinski definition) is 5. The Bertz CT molecular complexity index is 745. The van der Waals surface area contributed by atoms with E-state index in [1.165, 1.54) is 6.33 Å².